The molecule has 2 N–H and O–H groups in total. The Hall–Kier alpha value is -1.18. The Morgan fingerprint density at radius 3 is 2.58 bits per heavy atom. The Morgan fingerprint density at radius 2 is 1.92 bits per heavy atom. The number of hydrogen-bond donors (Lipinski definition) is 2. The summed E-state index contributed by atoms with van der Waals surface area (Å²) in [5.41, 5.74) is 0. The molecule has 0 aromatic heterocycles. The van der Waals surface area contributed by atoms with E-state index in [1.54, 1.807) is 0 Å². The van der Waals surface area contributed by atoms with Crippen LogP contribution in [0.15, 0.2) is 0 Å². The van der Waals surface area contributed by atoms with Gasteiger partial charge in [-0.25, -0.2) is 0 Å². The van der Waals surface area contributed by atoms with Gasteiger partial charge in [0.05, 0.1) is 6.10 Å². The maximum absolute atomic E-state index is 12.6. The zero-order valence-corrected chi connectivity index (χ0v) is 16.4. The second kappa shape index (κ2) is 8.23. The fraction of sp³-hybridized carbons (Fsp3) is 0.895. The summed E-state index contributed by atoms with van der Waals surface area (Å²) in [6.45, 7) is 7.17. The van der Waals surface area contributed by atoms with Crippen LogP contribution in [-0.4, -0.2) is 95.1 Å². The standard InChI is InChI=1S/C19H34N4O3/c1-13(2)23-11-8-16-18(23)19(26)20-12-14(21(16)3)4-5-17(25)22-9-6-15(24)7-10-22/h13-16,18,24H,4-12H2,1-3H3,(H,20,26)/t14-,16+,18-/m0/s1. The Labute approximate surface area is 156 Å². The van der Waals surface area contributed by atoms with Gasteiger partial charge in [0.2, 0.25) is 11.8 Å². The van der Waals surface area contributed by atoms with Crippen molar-refractivity contribution in [3.63, 3.8) is 0 Å². The Kier molecular flexibility index (Phi) is 6.20. The molecular weight excluding hydrogens is 332 g/mol. The average molecular weight is 367 g/mol. The van der Waals surface area contributed by atoms with Crippen LogP contribution in [0.1, 0.15) is 46.0 Å². The van der Waals surface area contributed by atoms with Gasteiger partial charge in [0.25, 0.3) is 0 Å². The van der Waals surface area contributed by atoms with Gasteiger partial charge in [0.15, 0.2) is 0 Å². The van der Waals surface area contributed by atoms with E-state index >= 15 is 0 Å². The van der Waals surface area contributed by atoms with E-state index in [0.29, 0.717) is 44.9 Å². The third kappa shape index (κ3) is 4.05. The number of likely N-dealkylation sites (N-methyl/N-ethyl adjacent to an activating group) is 1. The van der Waals surface area contributed by atoms with E-state index in [-0.39, 0.29) is 36.0 Å². The van der Waals surface area contributed by atoms with Crippen LogP contribution >= 0.6 is 0 Å². The van der Waals surface area contributed by atoms with Crippen molar-refractivity contribution in [2.75, 3.05) is 33.2 Å². The monoisotopic (exact) mass is 366 g/mol. The molecule has 3 aliphatic rings. The number of carbonyl (C=O) groups excluding carboxylic acids is 2. The Bertz CT molecular complexity index is 519. The van der Waals surface area contributed by atoms with Crippen LogP contribution in [0.25, 0.3) is 0 Å². The number of likely N-dealkylation sites (tertiary alicyclic amines) is 2. The zero-order chi connectivity index (χ0) is 18.8. The third-order valence-electron chi connectivity index (χ3n) is 6.46. The molecule has 26 heavy (non-hydrogen) atoms. The Balaban J connectivity index is 1.57. The maximum Gasteiger partial charge on any atom is 0.239 e. The van der Waals surface area contributed by atoms with Gasteiger partial charge in [0, 0.05) is 50.7 Å². The molecule has 0 aliphatic carbocycles. The number of amides is 2. The lowest BCUT2D eigenvalue weighted by Gasteiger charge is -2.34. The van der Waals surface area contributed by atoms with E-state index in [1.807, 2.05) is 4.90 Å². The number of rotatable bonds is 4. The molecule has 3 rings (SSSR count). The van der Waals surface area contributed by atoms with Crippen molar-refractivity contribution in [2.24, 2.45) is 0 Å². The summed E-state index contributed by atoms with van der Waals surface area (Å²) < 4.78 is 0. The quantitative estimate of drug-likeness (QED) is 0.734. The van der Waals surface area contributed by atoms with Crippen molar-refractivity contribution < 1.29 is 14.7 Å². The number of carbonyl (C=O) groups is 2. The first kappa shape index (κ1) is 19.6. The first-order valence-corrected chi connectivity index (χ1v) is 10.1. The summed E-state index contributed by atoms with van der Waals surface area (Å²) in [5.74, 6) is 0.305. The van der Waals surface area contributed by atoms with E-state index in [4.69, 9.17) is 0 Å². The molecule has 0 aromatic rings. The van der Waals surface area contributed by atoms with Crippen molar-refractivity contribution in [1.82, 2.24) is 20.0 Å². The lowest BCUT2D eigenvalue weighted by atomic mass is 10.0. The van der Waals surface area contributed by atoms with Gasteiger partial charge in [-0.3, -0.25) is 19.4 Å². The minimum Gasteiger partial charge on any atom is -0.393 e. The van der Waals surface area contributed by atoms with Gasteiger partial charge in [-0.1, -0.05) is 0 Å². The number of aliphatic hydroxyl groups excluding tert-OH is 1. The molecule has 0 bridgehead atoms. The second-order valence-corrected chi connectivity index (χ2v) is 8.35. The lowest BCUT2D eigenvalue weighted by molar-refractivity contribution is -0.133. The molecule has 3 aliphatic heterocycles. The fourth-order valence-corrected chi connectivity index (χ4v) is 4.74. The number of piperidine rings is 1. The van der Waals surface area contributed by atoms with Crippen molar-refractivity contribution in [2.45, 2.75) is 76.2 Å². The van der Waals surface area contributed by atoms with Crippen LogP contribution in [0.5, 0.6) is 0 Å². The molecule has 3 atom stereocenters. The first-order valence-electron chi connectivity index (χ1n) is 10.1. The topological polar surface area (TPSA) is 76.1 Å². The molecule has 7 nitrogen and oxygen atoms in total. The molecule has 0 unspecified atom stereocenters. The van der Waals surface area contributed by atoms with Crippen molar-refractivity contribution >= 4 is 11.8 Å². The number of aliphatic hydroxyl groups is 1. The van der Waals surface area contributed by atoms with Crippen molar-refractivity contribution in [3.8, 4) is 0 Å². The van der Waals surface area contributed by atoms with E-state index < -0.39 is 0 Å². The first-order chi connectivity index (χ1) is 12.4. The molecule has 0 aromatic carbocycles. The summed E-state index contributed by atoms with van der Waals surface area (Å²) in [6.07, 6.45) is 3.37. The number of fused-ring (bicyclic) bond motifs is 1. The van der Waals surface area contributed by atoms with Gasteiger partial charge in [-0.05, 0) is 46.6 Å². The van der Waals surface area contributed by atoms with Gasteiger partial charge in [0.1, 0.15) is 6.04 Å². The average Bonchev–Trinajstić information content (AvgIpc) is 3.02. The van der Waals surface area contributed by atoms with Gasteiger partial charge in [-0.2, -0.15) is 0 Å². The van der Waals surface area contributed by atoms with E-state index in [0.717, 1.165) is 19.4 Å². The van der Waals surface area contributed by atoms with Crippen LogP contribution in [-0.2, 0) is 9.59 Å². The van der Waals surface area contributed by atoms with Crippen LogP contribution in [0.2, 0.25) is 0 Å². The molecule has 0 saturated carbocycles. The van der Waals surface area contributed by atoms with E-state index in [1.165, 1.54) is 0 Å². The van der Waals surface area contributed by atoms with Crippen molar-refractivity contribution in [3.05, 3.63) is 0 Å². The predicted octanol–water partition coefficient (Wildman–Crippen LogP) is 0.0314. The van der Waals surface area contributed by atoms with Crippen molar-refractivity contribution in [1.29, 1.82) is 0 Å². The smallest absolute Gasteiger partial charge is 0.239 e. The fourth-order valence-electron chi connectivity index (χ4n) is 4.74. The molecular formula is C19H34N4O3. The van der Waals surface area contributed by atoms with Crippen LogP contribution in [0, 0.1) is 0 Å². The molecule has 2 amide bonds. The highest BCUT2D eigenvalue weighted by molar-refractivity contribution is 5.83. The van der Waals surface area contributed by atoms with E-state index in [2.05, 4.69) is 36.0 Å². The molecule has 0 spiro atoms. The summed E-state index contributed by atoms with van der Waals surface area (Å²) in [5, 5.41) is 12.7. The highest BCUT2D eigenvalue weighted by Crippen LogP contribution is 2.28. The number of nitrogens with zero attached hydrogens (tertiary/aromatic N) is 3. The highest BCUT2D eigenvalue weighted by Gasteiger charge is 2.45. The minimum absolute atomic E-state index is 0.0794. The summed E-state index contributed by atoms with van der Waals surface area (Å²) in [7, 11) is 2.11. The summed E-state index contributed by atoms with van der Waals surface area (Å²) in [6, 6.07) is 0.701. The van der Waals surface area contributed by atoms with Gasteiger partial charge >= 0.3 is 0 Å². The zero-order valence-electron chi connectivity index (χ0n) is 16.4. The molecule has 3 heterocycles. The second-order valence-electron chi connectivity index (χ2n) is 8.35. The number of hydrogen-bond acceptors (Lipinski definition) is 5. The van der Waals surface area contributed by atoms with Crippen LogP contribution in [0.4, 0.5) is 0 Å². The molecule has 0 radical (unpaired) electrons. The normalized spacial score (nSPS) is 31.8. The third-order valence-corrected chi connectivity index (χ3v) is 6.46. The molecule has 3 saturated heterocycles. The molecule has 3 fully saturated rings. The van der Waals surface area contributed by atoms with Gasteiger partial charge in [-0.15, -0.1) is 0 Å². The SMILES string of the molecule is CC(C)N1CC[C@@H]2[C@H]1C(=O)NC[C@H](CCC(=O)N1CCC(O)CC1)N2C. The van der Waals surface area contributed by atoms with Gasteiger partial charge < -0.3 is 15.3 Å². The van der Waals surface area contributed by atoms with Crippen LogP contribution in [0.3, 0.4) is 0 Å². The van der Waals surface area contributed by atoms with Crippen LogP contribution < -0.4 is 5.32 Å². The number of nitrogens with one attached hydrogen (secondary N) is 1. The highest BCUT2D eigenvalue weighted by atomic mass is 16.3. The lowest BCUT2D eigenvalue weighted by Crippen LogP contribution is -2.51. The molecule has 7 heteroatoms. The summed E-state index contributed by atoms with van der Waals surface area (Å²) >= 11 is 0. The maximum atomic E-state index is 12.6. The predicted molar refractivity (Wildman–Crippen MR) is 99.7 cm³/mol. The van der Waals surface area contributed by atoms with E-state index in [9.17, 15) is 14.7 Å². The summed E-state index contributed by atoms with van der Waals surface area (Å²) in [4.78, 5) is 31.6. The largest absolute Gasteiger partial charge is 0.393 e. The Morgan fingerprint density at radius 1 is 1.23 bits per heavy atom. The molecule has 148 valence electrons. The minimum atomic E-state index is -0.259.